The van der Waals surface area contributed by atoms with E-state index in [1.165, 1.54) is 22.9 Å². The maximum Gasteiger partial charge on any atom is 0.416 e. The molecule has 2 amide bonds. The summed E-state index contributed by atoms with van der Waals surface area (Å²) < 4.78 is 45.3. The van der Waals surface area contributed by atoms with E-state index in [9.17, 15) is 18.0 Å². The Bertz CT molecular complexity index is 760. The van der Waals surface area contributed by atoms with Crippen molar-refractivity contribution >= 4 is 6.03 Å². The fourth-order valence-electron chi connectivity index (χ4n) is 1.93. The molecule has 1 N–H and O–H groups in total. The molecular weight excluding hydrogens is 311 g/mol. The van der Waals surface area contributed by atoms with Gasteiger partial charge in [0, 0.05) is 13.0 Å². The molecular formula is C15H16F3N3O2. The number of nitrogens with zero attached hydrogens (tertiary/aromatic N) is 2. The van der Waals surface area contributed by atoms with Gasteiger partial charge in [-0.1, -0.05) is 13.0 Å². The molecule has 0 aliphatic heterocycles. The summed E-state index contributed by atoms with van der Waals surface area (Å²) in [5, 5.41) is 2.48. The van der Waals surface area contributed by atoms with Crippen LogP contribution in [0.25, 0.3) is 5.69 Å². The predicted molar refractivity (Wildman–Crippen MR) is 77.1 cm³/mol. The minimum absolute atomic E-state index is 0.0767. The molecule has 23 heavy (non-hydrogen) atoms. The number of aromatic nitrogens is 1. The largest absolute Gasteiger partial charge is 0.428 e. The molecule has 0 aliphatic rings. The second-order valence-corrected chi connectivity index (χ2v) is 4.70. The number of oxazole rings is 1. The summed E-state index contributed by atoms with van der Waals surface area (Å²) in [6.45, 7) is 3.94. The molecule has 0 aliphatic carbocycles. The first-order valence-electron chi connectivity index (χ1n) is 7.06. The SMILES string of the molecule is CCNC(=O)/N=c1/oc(CC)cn1-c1cccc(C(F)(F)F)c1. The Morgan fingerprint density at radius 2 is 2.09 bits per heavy atom. The molecule has 0 unspecified atom stereocenters. The van der Waals surface area contributed by atoms with E-state index in [0.717, 1.165) is 12.1 Å². The van der Waals surface area contributed by atoms with E-state index in [4.69, 9.17) is 4.42 Å². The molecule has 8 heteroatoms. The molecule has 0 bridgehead atoms. The van der Waals surface area contributed by atoms with E-state index in [1.807, 2.05) is 6.92 Å². The molecule has 0 atom stereocenters. The van der Waals surface area contributed by atoms with Crippen LogP contribution in [-0.4, -0.2) is 17.1 Å². The van der Waals surface area contributed by atoms with E-state index in [2.05, 4.69) is 10.3 Å². The van der Waals surface area contributed by atoms with Crippen LogP contribution in [0.4, 0.5) is 18.0 Å². The molecule has 0 spiro atoms. The third-order valence-electron chi connectivity index (χ3n) is 3.03. The highest BCUT2D eigenvalue weighted by molar-refractivity contribution is 5.74. The topological polar surface area (TPSA) is 59.5 Å². The maximum absolute atomic E-state index is 12.8. The van der Waals surface area contributed by atoms with Gasteiger partial charge >= 0.3 is 17.9 Å². The lowest BCUT2D eigenvalue weighted by molar-refractivity contribution is -0.137. The first-order valence-corrected chi connectivity index (χ1v) is 7.06. The molecule has 0 radical (unpaired) electrons. The van der Waals surface area contributed by atoms with E-state index in [-0.39, 0.29) is 11.4 Å². The number of halogens is 3. The third kappa shape index (κ3) is 4.02. The summed E-state index contributed by atoms with van der Waals surface area (Å²) in [7, 11) is 0. The van der Waals surface area contributed by atoms with Crippen molar-refractivity contribution in [2.45, 2.75) is 26.4 Å². The van der Waals surface area contributed by atoms with Gasteiger partial charge in [-0.2, -0.15) is 13.2 Å². The molecule has 0 saturated carbocycles. The van der Waals surface area contributed by atoms with Crippen molar-refractivity contribution in [2.24, 2.45) is 4.99 Å². The number of carbonyl (C=O) groups excluding carboxylic acids is 1. The van der Waals surface area contributed by atoms with Crippen molar-refractivity contribution < 1.29 is 22.4 Å². The Balaban J connectivity index is 2.55. The second kappa shape index (κ2) is 6.72. The van der Waals surface area contributed by atoms with Crippen LogP contribution in [-0.2, 0) is 12.6 Å². The molecule has 124 valence electrons. The zero-order valence-corrected chi connectivity index (χ0v) is 12.6. The molecule has 1 aromatic heterocycles. The lowest BCUT2D eigenvalue weighted by Gasteiger charge is -2.08. The molecule has 2 aromatic rings. The Kier molecular flexibility index (Phi) is 4.92. The number of aryl methyl sites for hydroxylation is 1. The van der Waals surface area contributed by atoms with Crippen molar-refractivity contribution in [3.63, 3.8) is 0 Å². The number of alkyl halides is 3. The third-order valence-corrected chi connectivity index (χ3v) is 3.03. The number of benzene rings is 1. The standard InChI is InChI=1S/C15H16F3N3O2/c1-3-12-9-21(14(23-12)20-13(22)19-4-2)11-7-5-6-10(8-11)15(16,17)18/h5-9H,3-4H2,1-2H3,(H,19,22)/b20-14+. The summed E-state index contributed by atoms with van der Waals surface area (Å²) in [4.78, 5) is 15.3. The Hall–Kier alpha value is -2.51. The van der Waals surface area contributed by atoms with Gasteiger partial charge in [0.2, 0.25) is 0 Å². The normalized spacial score (nSPS) is 12.5. The van der Waals surface area contributed by atoms with Crippen molar-refractivity contribution in [1.29, 1.82) is 0 Å². The lowest BCUT2D eigenvalue weighted by Crippen LogP contribution is -2.24. The van der Waals surface area contributed by atoms with Crippen molar-refractivity contribution in [1.82, 2.24) is 9.88 Å². The van der Waals surface area contributed by atoms with Crippen LogP contribution >= 0.6 is 0 Å². The Morgan fingerprint density at radius 3 is 2.70 bits per heavy atom. The van der Waals surface area contributed by atoms with E-state index < -0.39 is 17.8 Å². The van der Waals surface area contributed by atoms with Gasteiger partial charge in [0.25, 0.3) is 0 Å². The summed E-state index contributed by atoms with van der Waals surface area (Å²) in [5.41, 5.74) is -0.649. The van der Waals surface area contributed by atoms with Crippen LogP contribution in [0.5, 0.6) is 0 Å². The first kappa shape index (κ1) is 16.9. The maximum atomic E-state index is 12.8. The molecule has 0 fully saturated rings. The Labute approximate surface area is 130 Å². The van der Waals surface area contributed by atoms with Gasteiger partial charge in [-0.05, 0) is 25.1 Å². The van der Waals surface area contributed by atoms with Crippen LogP contribution in [0.2, 0.25) is 0 Å². The van der Waals surface area contributed by atoms with Crippen molar-refractivity contribution in [3.8, 4) is 5.69 Å². The Morgan fingerprint density at radius 1 is 1.35 bits per heavy atom. The van der Waals surface area contributed by atoms with Gasteiger partial charge < -0.3 is 9.73 Å². The van der Waals surface area contributed by atoms with Crippen LogP contribution in [0.3, 0.4) is 0 Å². The number of urea groups is 1. The highest BCUT2D eigenvalue weighted by atomic mass is 19.4. The fraction of sp³-hybridized carbons (Fsp3) is 0.333. The lowest BCUT2D eigenvalue weighted by atomic mass is 10.2. The molecule has 1 heterocycles. The zero-order valence-electron chi connectivity index (χ0n) is 12.6. The summed E-state index contributed by atoms with van der Waals surface area (Å²) in [6.07, 6.45) is -2.41. The highest BCUT2D eigenvalue weighted by Crippen LogP contribution is 2.30. The average Bonchev–Trinajstić information content (AvgIpc) is 2.89. The van der Waals surface area contributed by atoms with E-state index in [1.54, 1.807) is 6.92 Å². The molecule has 0 saturated heterocycles. The molecule has 5 nitrogen and oxygen atoms in total. The summed E-state index contributed by atoms with van der Waals surface area (Å²) in [6, 6.07) is 4.11. The fourth-order valence-corrected chi connectivity index (χ4v) is 1.93. The van der Waals surface area contributed by atoms with Gasteiger partial charge in [-0.15, -0.1) is 4.99 Å². The number of hydrogen-bond acceptors (Lipinski definition) is 2. The monoisotopic (exact) mass is 327 g/mol. The van der Waals surface area contributed by atoms with E-state index >= 15 is 0 Å². The minimum atomic E-state index is -4.45. The predicted octanol–water partition coefficient (Wildman–Crippen LogP) is 3.28. The van der Waals surface area contributed by atoms with Crippen LogP contribution in [0.15, 0.2) is 39.9 Å². The van der Waals surface area contributed by atoms with Crippen molar-refractivity contribution in [2.75, 3.05) is 6.54 Å². The van der Waals surface area contributed by atoms with Gasteiger partial charge in [0.15, 0.2) is 0 Å². The quantitative estimate of drug-likeness (QED) is 0.940. The number of carbonyl (C=O) groups is 1. The zero-order chi connectivity index (χ0) is 17.0. The number of hydrogen-bond donors (Lipinski definition) is 1. The van der Waals surface area contributed by atoms with Gasteiger partial charge in [-0.3, -0.25) is 4.57 Å². The van der Waals surface area contributed by atoms with Gasteiger partial charge in [0.05, 0.1) is 17.4 Å². The minimum Gasteiger partial charge on any atom is -0.428 e. The van der Waals surface area contributed by atoms with Gasteiger partial charge in [-0.25, -0.2) is 4.79 Å². The second-order valence-electron chi connectivity index (χ2n) is 4.70. The first-order chi connectivity index (χ1) is 10.8. The van der Waals surface area contributed by atoms with Crippen molar-refractivity contribution in [3.05, 3.63) is 47.5 Å². The summed E-state index contributed by atoms with van der Waals surface area (Å²) in [5.74, 6) is 0.505. The smallest absolute Gasteiger partial charge is 0.416 e. The van der Waals surface area contributed by atoms with Crippen LogP contribution in [0, 0.1) is 0 Å². The number of rotatable bonds is 3. The molecule has 2 rings (SSSR count). The van der Waals surface area contributed by atoms with Gasteiger partial charge in [0.1, 0.15) is 5.76 Å². The van der Waals surface area contributed by atoms with Crippen LogP contribution in [0.1, 0.15) is 25.2 Å². The number of nitrogens with one attached hydrogen (secondary N) is 1. The highest BCUT2D eigenvalue weighted by Gasteiger charge is 2.30. The summed E-state index contributed by atoms with van der Waals surface area (Å²) >= 11 is 0. The van der Waals surface area contributed by atoms with E-state index in [0.29, 0.717) is 18.7 Å². The van der Waals surface area contributed by atoms with Crippen LogP contribution < -0.4 is 11.0 Å². The number of amides is 2. The molecule has 1 aromatic carbocycles. The average molecular weight is 327 g/mol.